The summed E-state index contributed by atoms with van der Waals surface area (Å²) in [5.41, 5.74) is 4.66. The van der Waals surface area contributed by atoms with Crippen LogP contribution >= 0.6 is 0 Å². The first-order valence-corrected chi connectivity index (χ1v) is 17.1. The monoisotopic (exact) mass is 637 g/mol. The molecule has 7 rings (SSSR count). The molecule has 5 aromatic rings. The zero-order valence-corrected chi connectivity index (χ0v) is 28.3. The lowest BCUT2D eigenvalue weighted by Gasteiger charge is -2.27. The van der Waals surface area contributed by atoms with E-state index >= 15 is 0 Å². The molecule has 1 aliphatic carbocycles. The van der Waals surface area contributed by atoms with Gasteiger partial charge in [-0.1, -0.05) is 65.5 Å². The Morgan fingerprint density at radius 1 is 0.979 bits per heavy atom. The molecule has 0 atom stereocenters. The minimum absolute atomic E-state index is 0.0389. The zero-order valence-electron chi connectivity index (χ0n) is 28.3. The Morgan fingerprint density at radius 3 is 2.43 bits per heavy atom. The van der Waals surface area contributed by atoms with Crippen molar-refractivity contribution in [1.82, 2.24) is 24.8 Å². The summed E-state index contributed by atoms with van der Waals surface area (Å²) < 4.78 is 8.27. The van der Waals surface area contributed by atoms with Crippen LogP contribution in [0.15, 0.2) is 64.1 Å². The molecule has 4 aromatic heterocycles. The van der Waals surface area contributed by atoms with Gasteiger partial charge in [0.15, 0.2) is 22.8 Å². The van der Waals surface area contributed by atoms with Gasteiger partial charge >= 0.3 is 0 Å². The molecule has 10 nitrogen and oxygen atoms in total. The number of rotatable bonds is 7. The fourth-order valence-electron chi connectivity index (χ4n) is 6.01. The lowest BCUT2D eigenvalue weighted by atomic mass is 10.1. The smallest absolute Gasteiger partial charge is 0.229 e. The average Bonchev–Trinajstić information content (AvgIpc) is 3.78. The summed E-state index contributed by atoms with van der Waals surface area (Å²) in [5.74, 6) is 1.07. The van der Waals surface area contributed by atoms with Gasteiger partial charge < -0.3 is 24.5 Å². The van der Waals surface area contributed by atoms with Crippen LogP contribution in [-0.2, 0) is 0 Å². The first-order valence-electron chi connectivity index (χ1n) is 17.1. The molecule has 0 amide bonds. The average molecular weight is 638 g/mol. The standard InChI is InChI=1S/C31H31N7O3.C4H10.C2H6/c1-19(39)25-14-22-18-34-31(36-30(22)38(25)24-7-2-3-8-24)35-23-6-4-5-20(13-23)21-15-27-29(33-17-21)26(40)16-28(41-27)37-11-9-32-10-12-37;1-3-4-2;1-2/h4-6,13-18,24,32H,2-3,7-12H2,1H3,(H,34,35,36);3-4H2,1-2H3;1-2H3. The Morgan fingerprint density at radius 2 is 1.72 bits per heavy atom. The number of pyridine rings is 1. The van der Waals surface area contributed by atoms with Gasteiger partial charge in [-0.05, 0) is 42.7 Å². The molecule has 2 N–H and O–H groups in total. The second kappa shape index (κ2) is 15.8. The Hall–Kier alpha value is -4.57. The minimum atomic E-state index is -0.149. The summed E-state index contributed by atoms with van der Waals surface area (Å²) in [6, 6.07) is 13.5. The third-order valence-corrected chi connectivity index (χ3v) is 8.56. The molecule has 5 heterocycles. The number of hydrogen-bond donors (Lipinski definition) is 2. The molecule has 248 valence electrons. The minimum Gasteiger partial charge on any atom is -0.439 e. The topological polar surface area (TPSA) is 118 Å². The lowest BCUT2D eigenvalue weighted by Crippen LogP contribution is -2.43. The third-order valence-electron chi connectivity index (χ3n) is 8.56. The molecule has 2 aliphatic rings. The molecule has 0 radical (unpaired) electrons. The van der Waals surface area contributed by atoms with Crippen LogP contribution in [0.25, 0.3) is 33.3 Å². The molecule has 1 saturated heterocycles. The SMILES string of the molecule is CC.CC(=O)c1cc2cnc(Nc3cccc(-c4cnc5c(=O)cc(N6CCNCC6)oc5c4)c3)nc2n1C1CCCC1.CCCC. The van der Waals surface area contributed by atoms with Crippen molar-refractivity contribution < 1.29 is 9.21 Å². The molecule has 1 saturated carbocycles. The van der Waals surface area contributed by atoms with E-state index in [4.69, 9.17) is 9.40 Å². The van der Waals surface area contributed by atoms with Crippen molar-refractivity contribution in [2.45, 2.75) is 79.2 Å². The highest BCUT2D eigenvalue weighted by Crippen LogP contribution is 2.35. The molecule has 0 unspecified atom stereocenters. The van der Waals surface area contributed by atoms with E-state index < -0.39 is 0 Å². The van der Waals surface area contributed by atoms with Crippen LogP contribution in [0, 0.1) is 0 Å². The molecule has 10 heteroatoms. The number of unbranched alkanes of at least 4 members (excludes halogenated alkanes) is 1. The van der Waals surface area contributed by atoms with Crippen LogP contribution in [0.3, 0.4) is 0 Å². The maximum atomic E-state index is 12.8. The van der Waals surface area contributed by atoms with Crippen LogP contribution in [0.5, 0.6) is 0 Å². The number of nitrogens with one attached hydrogen (secondary N) is 2. The van der Waals surface area contributed by atoms with Crippen molar-refractivity contribution in [2.75, 3.05) is 36.4 Å². The van der Waals surface area contributed by atoms with Gasteiger partial charge in [0.2, 0.25) is 11.4 Å². The molecule has 1 aliphatic heterocycles. The van der Waals surface area contributed by atoms with Crippen LogP contribution in [0.1, 0.15) is 89.7 Å². The number of carbonyl (C=O) groups excluding carboxylic acids is 1. The first-order chi connectivity index (χ1) is 22.9. The van der Waals surface area contributed by atoms with E-state index in [2.05, 4.69) is 43.9 Å². The maximum absolute atomic E-state index is 12.8. The van der Waals surface area contributed by atoms with E-state index in [1.165, 1.54) is 18.9 Å². The summed E-state index contributed by atoms with van der Waals surface area (Å²) in [6.07, 6.45) is 10.5. The van der Waals surface area contributed by atoms with Crippen molar-refractivity contribution in [3.63, 3.8) is 0 Å². The highest BCUT2D eigenvalue weighted by Gasteiger charge is 2.24. The highest BCUT2D eigenvalue weighted by molar-refractivity contribution is 5.98. The van der Waals surface area contributed by atoms with Gasteiger partial charge in [0.1, 0.15) is 5.65 Å². The van der Waals surface area contributed by atoms with Gasteiger partial charge in [0.05, 0.1) is 5.69 Å². The number of carbonyl (C=O) groups is 1. The van der Waals surface area contributed by atoms with Gasteiger partial charge in [0, 0.05) is 74.2 Å². The van der Waals surface area contributed by atoms with Crippen molar-refractivity contribution in [3.8, 4) is 11.1 Å². The van der Waals surface area contributed by atoms with Gasteiger partial charge in [-0.2, -0.15) is 4.98 Å². The highest BCUT2D eigenvalue weighted by atomic mass is 16.4. The number of Topliss-reactive ketones (excluding diaryl/α,β-unsaturated/α-hetero) is 1. The number of ketones is 1. The third kappa shape index (κ3) is 7.71. The van der Waals surface area contributed by atoms with Gasteiger partial charge in [-0.25, -0.2) is 9.97 Å². The summed E-state index contributed by atoms with van der Waals surface area (Å²) >= 11 is 0. The number of hydrogen-bond acceptors (Lipinski definition) is 9. The van der Waals surface area contributed by atoms with Gasteiger partial charge in [0.25, 0.3) is 0 Å². The number of piperazine rings is 1. The van der Waals surface area contributed by atoms with E-state index in [9.17, 15) is 9.59 Å². The van der Waals surface area contributed by atoms with Crippen molar-refractivity contribution >= 4 is 45.4 Å². The number of aromatic nitrogens is 4. The molecule has 2 fully saturated rings. The summed E-state index contributed by atoms with van der Waals surface area (Å²) in [4.78, 5) is 41.1. The summed E-state index contributed by atoms with van der Waals surface area (Å²) in [7, 11) is 0. The number of nitrogens with zero attached hydrogens (tertiary/aromatic N) is 5. The Kier molecular flexibility index (Phi) is 11.4. The zero-order chi connectivity index (χ0) is 33.3. The molecular weight excluding hydrogens is 590 g/mol. The van der Waals surface area contributed by atoms with Gasteiger partial charge in [-0.3, -0.25) is 9.59 Å². The van der Waals surface area contributed by atoms with Gasteiger partial charge in [-0.15, -0.1) is 0 Å². The van der Waals surface area contributed by atoms with E-state index in [1.54, 1.807) is 19.3 Å². The molecular formula is C37H47N7O3. The fraction of sp³-hybridized carbons (Fsp3) is 0.432. The Labute approximate surface area is 276 Å². The van der Waals surface area contributed by atoms with Crippen LogP contribution in [0.2, 0.25) is 0 Å². The Bertz CT molecular complexity index is 1870. The predicted octanol–water partition coefficient (Wildman–Crippen LogP) is 7.90. The predicted molar refractivity (Wildman–Crippen MR) is 191 cm³/mol. The number of fused-ring (bicyclic) bond motifs is 2. The van der Waals surface area contributed by atoms with Crippen molar-refractivity contribution in [1.29, 1.82) is 0 Å². The van der Waals surface area contributed by atoms with E-state index in [0.717, 1.165) is 79.7 Å². The lowest BCUT2D eigenvalue weighted by molar-refractivity contribution is 0.100. The first kappa shape index (κ1) is 33.8. The number of anilines is 3. The maximum Gasteiger partial charge on any atom is 0.229 e. The normalized spacial score (nSPS) is 14.8. The molecule has 0 spiro atoms. The quantitative estimate of drug-likeness (QED) is 0.172. The van der Waals surface area contributed by atoms with E-state index in [-0.39, 0.29) is 17.3 Å². The Balaban J connectivity index is 0.000000674. The summed E-state index contributed by atoms with van der Waals surface area (Å²) in [6.45, 7) is 13.2. The van der Waals surface area contributed by atoms with E-state index in [0.29, 0.717) is 28.6 Å². The van der Waals surface area contributed by atoms with E-state index in [1.807, 2.05) is 50.2 Å². The second-order valence-corrected chi connectivity index (χ2v) is 11.8. The fourth-order valence-corrected chi connectivity index (χ4v) is 6.01. The largest absolute Gasteiger partial charge is 0.439 e. The molecule has 0 bridgehead atoms. The molecule has 47 heavy (non-hydrogen) atoms. The summed E-state index contributed by atoms with van der Waals surface area (Å²) in [5, 5.41) is 7.52. The van der Waals surface area contributed by atoms with Crippen LogP contribution < -0.4 is 21.0 Å². The van der Waals surface area contributed by atoms with Crippen molar-refractivity contribution in [3.05, 3.63) is 70.8 Å². The second-order valence-electron chi connectivity index (χ2n) is 11.8. The van der Waals surface area contributed by atoms with Crippen LogP contribution in [-0.4, -0.2) is 51.5 Å². The molecule has 1 aromatic carbocycles. The number of benzene rings is 1. The van der Waals surface area contributed by atoms with Crippen LogP contribution in [0.4, 0.5) is 17.5 Å². The van der Waals surface area contributed by atoms with Crippen molar-refractivity contribution in [2.24, 2.45) is 0 Å².